The number of aliphatic hydroxyl groups excluding tert-OH is 1. The molecular formula is C11H20N2O2. The summed E-state index contributed by atoms with van der Waals surface area (Å²) in [7, 11) is 0. The Morgan fingerprint density at radius 3 is 2.60 bits per heavy atom. The van der Waals surface area contributed by atoms with Gasteiger partial charge in [0.1, 0.15) is 0 Å². The first-order valence-electron chi connectivity index (χ1n) is 5.94. The van der Waals surface area contributed by atoms with E-state index in [1.165, 1.54) is 12.8 Å². The average molecular weight is 212 g/mol. The number of likely N-dealkylation sites (tertiary alicyclic amines) is 2. The van der Waals surface area contributed by atoms with E-state index in [4.69, 9.17) is 0 Å². The van der Waals surface area contributed by atoms with Crippen molar-refractivity contribution in [2.24, 2.45) is 0 Å². The van der Waals surface area contributed by atoms with Crippen molar-refractivity contribution in [2.45, 2.75) is 31.8 Å². The van der Waals surface area contributed by atoms with Crippen LogP contribution in [0.3, 0.4) is 0 Å². The van der Waals surface area contributed by atoms with E-state index in [1.54, 1.807) is 4.90 Å². The highest BCUT2D eigenvalue weighted by atomic mass is 16.3. The molecule has 2 aliphatic rings. The van der Waals surface area contributed by atoms with Crippen molar-refractivity contribution in [3.63, 3.8) is 0 Å². The van der Waals surface area contributed by atoms with Gasteiger partial charge in [-0.3, -0.25) is 4.79 Å². The maximum atomic E-state index is 11.7. The molecule has 0 radical (unpaired) electrons. The van der Waals surface area contributed by atoms with E-state index in [1.807, 2.05) is 0 Å². The molecule has 2 saturated heterocycles. The van der Waals surface area contributed by atoms with Gasteiger partial charge in [-0.15, -0.1) is 0 Å². The minimum Gasteiger partial charge on any atom is -0.391 e. The number of carbonyl (C=O) groups excluding carboxylic acids is 1. The molecule has 2 rings (SSSR count). The molecule has 0 unspecified atom stereocenters. The molecule has 4 heteroatoms. The van der Waals surface area contributed by atoms with Gasteiger partial charge in [0.2, 0.25) is 5.91 Å². The van der Waals surface area contributed by atoms with Gasteiger partial charge >= 0.3 is 0 Å². The van der Waals surface area contributed by atoms with Gasteiger partial charge in [0.15, 0.2) is 0 Å². The Hall–Kier alpha value is -0.610. The van der Waals surface area contributed by atoms with Crippen LogP contribution in [0.1, 0.15) is 25.7 Å². The Bertz CT molecular complexity index is 227. The van der Waals surface area contributed by atoms with Gasteiger partial charge in [-0.05, 0) is 32.4 Å². The highest BCUT2D eigenvalue weighted by Gasteiger charge is 2.24. The second-order valence-electron chi connectivity index (χ2n) is 4.58. The Balaban J connectivity index is 1.67. The van der Waals surface area contributed by atoms with Crippen molar-refractivity contribution in [2.75, 3.05) is 32.7 Å². The maximum absolute atomic E-state index is 11.7. The van der Waals surface area contributed by atoms with E-state index >= 15 is 0 Å². The lowest BCUT2D eigenvalue weighted by Gasteiger charge is -2.18. The van der Waals surface area contributed by atoms with E-state index < -0.39 is 0 Å². The number of rotatable bonds is 3. The molecule has 2 heterocycles. The molecule has 0 aromatic rings. The molecule has 0 bridgehead atoms. The number of nitrogens with zero attached hydrogens (tertiary/aromatic N) is 2. The van der Waals surface area contributed by atoms with Crippen LogP contribution in [0.2, 0.25) is 0 Å². The van der Waals surface area contributed by atoms with Crippen LogP contribution in [0.15, 0.2) is 0 Å². The first-order valence-corrected chi connectivity index (χ1v) is 5.94. The number of hydrogen-bond acceptors (Lipinski definition) is 3. The minimum atomic E-state index is -0.291. The second kappa shape index (κ2) is 4.94. The molecule has 1 amide bonds. The molecule has 0 aliphatic carbocycles. The van der Waals surface area contributed by atoms with Crippen LogP contribution in [0, 0.1) is 0 Å². The van der Waals surface area contributed by atoms with E-state index in [2.05, 4.69) is 4.90 Å². The van der Waals surface area contributed by atoms with Gasteiger partial charge in [0.25, 0.3) is 0 Å². The molecule has 1 atom stereocenters. The Labute approximate surface area is 90.9 Å². The molecule has 15 heavy (non-hydrogen) atoms. The number of β-amino-alcohol motifs (C(OH)–C–C–N with tert-alkyl or cyclic N) is 1. The molecule has 2 aliphatic heterocycles. The lowest BCUT2D eigenvalue weighted by molar-refractivity contribution is -0.130. The standard InChI is InChI=1S/C11H20N2O2/c14-10-3-8-13(9-10)11(15)4-7-12-5-1-2-6-12/h10,14H,1-9H2/t10-/m0/s1. The summed E-state index contributed by atoms with van der Waals surface area (Å²) in [5.74, 6) is 0.207. The van der Waals surface area contributed by atoms with E-state index in [0.29, 0.717) is 13.0 Å². The summed E-state index contributed by atoms with van der Waals surface area (Å²) >= 11 is 0. The zero-order valence-corrected chi connectivity index (χ0v) is 9.19. The highest BCUT2D eigenvalue weighted by molar-refractivity contribution is 5.76. The van der Waals surface area contributed by atoms with Crippen LogP contribution >= 0.6 is 0 Å². The summed E-state index contributed by atoms with van der Waals surface area (Å²) in [6.45, 7) is 4.47. The van der Waals surface area contributed by atoms with Crippen LogP contribution in [-0.2, 0) is 4.79 Å². The number of carbonyl (C=O) groups is 1. The molecule has 86 valence electrons. The summed E-state index contributed by atoms with van der Waals surface area (Å²) in [6, 6.07) is 0. The average Bonchev–Trinajstić information content (AvgIpc) is 2.84. The molecule has 0 saturated carbocycles. The van der Waals surface area contributed by atoms with E-state index in [0.717, 1.165) is 32.6 Å². The molecule has 2 fully saturated rings. The zero-order valence-electron chi connectivity index (χ0n) is 9.19. The second-order valence-corrected chi connectivity index (χ2v) is 4.58. The summed E-state index contributed by atoms with van der Waals surface area (Å²) in [4.78, 5) is 15.9. The minimum absolute atomic E-state index is 0.207. The fourth-order valence-electron chi connectivity index (χ4n) is 2.39. The predicted molar refractivity (Wildman–Crippen MR) is 57.5 cm³/mol. The van der Waals surface area contributed by atoms with Crippen molar-refractivity contribution >= 4 is 5.91 Å². The summed E-state index contributed by atoms with van der Waals surface area (Å²) in [6.07, 6.45) is 3.62. The topological polar surface area (TPSA) is 43.8 Å². The van der Waals surface area contributed by atoms with E-state index in [-0.39, 0.29) is 12.0 Å². The summed E-state index contributed by atoms with van der Waals surface area (Å²) < 4.78 is 0. The molecule has 1 N–H and O–H groups in total. The van der Waals surface area contributed by atoms with Gasteiger partial charge < -0.3 is 14.9 Å². The van der Waals surface area contributed by atoms with Crippen LogP contribution in [0.25, 0.3) is 0 Å². The largest absolute Gasteiger partial charge is 0.391 e. The lowest BCUT2D eigenvalue weighted by atomic mass is 10.3. The van der Waals surface area contributed by atoms with Crippen molar-refractivity contribution in [3.8, 4) is 0 Å². The van der Waals surface area contributed by atoms with Crippen molar-refractivity contribution in [1.82, 2.24) is 9.80 Å². The first-order chi connectivity index (χ1) is 7.25. The molecular weight excluding hydrogens is 192 g/mol. The Morgan fingerprint density at radius 2 is 2.00 bits per heavy atom. The molecule has 0 aromatic heterocycles. The van der Waals surface area contributed by atoms with E-state index in [9.17, 15) is 9.90 Å². The fraction of sp³-hybridized carbons (Fsp3) is 0.909. The third kappa shape index (κ3) is 2.92. The molecule has 0 aromatic carbocycles. The maximum Gasteiger partial charge on any atom is 0.223 e. The predicted octanol–water partition coefficient (Wildman–Crippen LogP) is 0.0655. The van der Waals surface area contributed by atoms with Crippen LogP contribution in [0.5, 0.6) is 0 Å². The van der Waals surface area contributed by atoms with Crippen LogP contribution < -0.4 is 0 Å². The van der Waals surface area contributed by atoms with Gasteiger partial charge in [-0.25, -0.2) is 0 Å². The smallest absolute Gasteiger partial charge is 0.223 e. The quantitative estimate of drug-likeness (QED) is 0.720. The third-order valence-electron chi connectivity index (χ3n) is 3.36. The first kappa shape index (κ1) is 10.9. The van der Waals surface area contributed by atoms with Gasteiger partial charge in [0, 0.05) is 26.1 Å². The number of amides is 1. The van der Waals surface area contributed by atoms with Crippen molar-refractivity contribution in [1.29, 1.82) is 0 Å². The third-order valence-corrected chi connectivity index (χ3v) is 3.36. The van der Waals surface area contributed by atoms with Gasteiger partial charge in [0.05, 0.1) is 6.10 Å². The summed E-state index contributed by atoms with van der Waals surface area (Å²) in [5.41, 5.74) is 0. The molecule has 4 nitrogen and oxygen atoms in total. The lowest BCUT2D eigenvalue weighted by Crippen LogP contribution is -2.32. The zero-order chi connectivity index (χ0) is 10.7. The van der Waals surface area contributed by atoms with Crippen molar-refractivity contribution in [3.05, 3.63) is 0 Å². The van der Waals surface area contributed by atoms with Crippen molar-refractivity contribution < 1.29 is 9.90 Å². The normalized spacial score (nSPS) is 27.5. The Morgan fingerprint density at radius 1 is 1.27 bits per heavy atom. The highest BCUT2D eigenvalue weighted by Crippen LogP contribution is 2.12. The van der Waals surface area contributed by atoms with Gasteiger partial charge in [-0.1, -0.05) is 0 Å². The van der Waals surface area contributed by atoms with Crippen LogP contribution in [-0.4, -0.2) is 59.6 Å². The Kier molecular flexibility index (Phi) is 3.59. The van der Waals surface area contributed by atoms with Gasteiger partial charge in [-0.2, -0.15) is 0 Å². The SMILES string of the molecule is O=C(CCN1CCCC1)N1CC[C@H](O)C1. The number of aliphatic hydroxyl groups is 1. The number of hydrogen-bond donors (Lipinski definition) is 1. The monoisotopic (exact) mass is 212 g/mol. The van der Waals surface area contributed by atoms with Crippen LogP contribution in [0.4, 0.5) is 0 Å². The summed E-state index contributed by atoms with van der Waals surface area (Å²) in [5, 5.41) is 9.32. The molecule has 0 spiro atoms. The fourth-order valence-corrected chi connectivity index (χ4v) is 2.39.